The molecule has 0 spiro atoms. The summed E-state index contributed by atoms with van der Waals surface area (Å²) in [6.45, 7) is 7.17. The Morgan fingerprint density at radius 1 is 1.00 bits per heavy atom. The predicted octanol–water partition coefficient (Wildman–Crippen LogP) is 1.51. The Kier molecular flexibility index (Phi) is 5.90. The lowest BCUT2D eigenvalue weighted by atomic mass is 10.1. The smallest absolute Gasteiger partial charge is 0.251 e. The summed E-state index contributed by atoms with van der Waals surface area (Å²) in [6, 6.07) is 6.68. The number of nitrogens with zero attached hydrogens (tertiary/aromatic N) is 1. The molecule has 0 aliphatic carbocycles. The average molecular weight is 291 g/mol. The van der Waals surface area contributed by atoms with Crippen LogP contribution in [0.25, 0.3) is 0 Å². The minimum absolute atomic E-state index is 0.125. The second-order valence-electron chi connectivity index (χ2n) is 6.34. The molecule has 0 unspecified atom stereocenters. The number of carbonyl (C=O) groups is 2. The summed E-state index contributed by atoms with van der Waals surface area (Å²) < 4.78 is 0. The van der Waals surface area contributed by atoms with Crippen molar-refractivity contribution < 1.29 is 9.59 Å². The molecular formula is C16H25N3O2. The van der Waals surface area contributed by atoms with Gasteiger partial charge >= 0.3 is 0 Å². The van der Waals surface area contributed by atoms with Crippen LogP contribution in [0.3, 0.4) is 0 Å². The van der Waals surface area contributed by atoms with Gasteiger partial charge in [-0.2, -0.15) is 0 Å². The number of likely N-dealkylation sites (N-methyl/N-ethyl adjacent to an activating group) is 1. The molecule has 1 aromatic carbocycles. The average Bonchev–Trinajstić information content (AvgIpc) is 2.36. The van der Waals surface area contributed by atoms with E-state index in [9.17, 15) is 9.59 Å². The van der Waals surface area contributed by atoms with Gasteiger partial charge in [0.25, 0.3) is 11.8 Å². The lowest BCUT2D eigenvalue weighted by Crippen LogP contribution is -2.40. The molecule has 21 heavy (non-hydrogen) atoms. The van der Waals surface area contributed by atoms with E-state index in [4.69, 9.17) is 0 Å². The van der Waals surface area contributed by atoms with E-state index in [1.165, 1.54) is 0 Å². The van der Waals surface area contributed by atoms with Crippen molar-refractivity contribution in [2.75, 3.05) is 27.2 Å². The van der Waals surface area contributed by atoms with Crippen LogP contribution in [0.4, 0.5) is 0 Å². The standard InChI is InChI=1S/C16H25N3O2/c1-16(2,3)18-15(21)13-8-6-12(7-9-13)14(20)17-10-11-19(4)5/h6-9H,10-11H2,1-5H3,(H,17,20)(H,18,21). The van der Waals surface area contributed by atoms with Gasteiger partial charge in [-0.3, -0.25) is 9.59 Å². The minimum atomic E-state index is -0.278. The van der Waals surface area contributed by atoms with Crippen LogP contribution >= 0.6 is 0 Å². The molecule has 0 aromatic heterocycles. The summed E-state index contributed by atoms with van der Waals surface area (Å²) in [5, 5.41) is 5.72. The van der Waals surface area contributed by atoms with Crippen LogP contribution in [0.15, 0.2) is 24.3 Å². The van der Waals surface area contributed by atoms with Crippen LogP contribution < -0.4 is 10.6 Å². The van der Waals surface area contributed by atoms with E-state index < -0.39 is 0 Å². The zero-order chi connectivity index (χ0) is 16.0. The highest BCUT2D eigenvalue weighted by molar-refractivity contribution is 5.98. The van der Waals surface area contributed by atoms with E-state index in [-0.39, 0.29) is 17.4 Å². The van der Waals surface area contributed by atoms with Crippen molar-refractivity contribution in [3.63, 3.8) is 0 Å². The molecule has 5 nitrogen and oxygen atoms in total. The topological polar surface area (TPSA) is 61.4 Å². The van der Waals surface area contributed by atoms with Gasteiger partial charge < -0.3 is 15.5 Å². The molecule has 5 heteroatoms. The minimum Gasteiger partial charge on any atom is -0.351 e. The highest BCUT2D eigenvalue weighted by atomic mass is 16.2. The maximum absolute atomic E-state index is 12.0. The number of hydrogen-bond acceptors (Lipinski definition) is 3. The van der Waals surface area contributed by atoms with Gasteiger partial charge in [0.1, 0.15) is 0 Å². The first-order valence-electron chi connectivity index (χ1n) is 7.04. The summed E-state index contributed by atoms with van der Waals surface area (Å²) in [5.74, 6) is -0.262. The summed E-state index contributed by atoms with van der Waals surface area (Å²) in [7, 11) is 3.91. The van der Waals surface area contributed by atoms with Gasteiger partial charge in [0.05, 0.1) is 0 Å². The molecular weight excluding hydrogens is 266 g/mol. The molecule has 0 atom stereocenters. The highest BCUT2D eigenvalue weighted by Gasteiger charge is 2.15. The highest BCUT2D eigenvalue weighted by Crippen LogP contribution is 2.07. The molecule has 0 fully saturated rings. The van der Waals surface area contributed by atoms with Crippen LogP contribution in [0, 0.1) is 0 Å². The normalized spacial score (nSPS) is 11.3. The first kappa shape index (κ1) is 17.2. The van der Waals surface area contributed by atoms with Gasteiger partial charge in [0, 0.05) is 29.8 Å². The maximum atomic E-state index is 12.0. The van der Waals surface area contributed by atoms with E-state index in [1.54, 1.807) is 24.3 Å². The molecule has 0 saturated carbocycles. The fraction of sp³-hybridized carbons (Fsp3) is 0.500. The number of carbonyl (C=O) groups excluding carboxylic acids is 2. The molecule has 0 heterocycles. The zero-order valence-corrected chi connectivity index (χ0v) is 13.5. The Hall–Kier alpha value is -1.88. The third kappa shape index (κ3) is 6.40. The fourth-order valence-corrected chi connectivity index (χ4v) is 1.68. The van der Waals surface area contributed by atoms with Gasteiger partial charge in [0.2, 0.25) is 0 Å². The lowest BCUT2D eigenvalue weighted by molar-refractivity contribution is 0.0915. The second-order valence-corrected chi connectivity index (χ2v) is 6.34. The van der Waals surface area contributed by atoms with Gasteiger partial charge in [-0.05, 0) is 59.1 Å². The lowest BCUT2D eigenvalue weighted by Gasteiger charge is -2.20. The van der Waals surface area contributed by atoms with Crippen LogP contribution in [0.5, 0.6) is 0 Å². The molecule has 0 bridgehead atoms. The van der Waals surface area contributed by atoms with Crippen molar-refractivity contribution >= 4 is 11.8 Å². The Morgan fingerprint density at radius 3 is 1.90 bits per heavy atom. The maximum Gasteiger partial charge on any atom is 0.251 e. The summed E-state index contributed by atoms with van der Waals surface area (Å²) in [4.78, 5) is 25.9. The number of rotatable bonds is 5. The van der Waals surface area contributed by atoms with Crippen molar-refractivity contribution in [3.05, 3.63) is 35.4 Å². The monoisotopic (exact) mass is 291 g/mol. The quantitative estimate of drug-likeness (QED) is 0.864. The van der Waals surface area contributed by atoms with E-state index in [0.29, 0.717) is 17.7 Å². The Morgan fingerprint density at radius 2 is 1.48 bits per heavy atom. The summed E-state index contributed by atoms with van der Waals surface area (Å²) in [5.41, 5.74) is 0.829. The van der Waals surface area contributed by atoms with Crippen molar-refractivity contribution in [1.82, 2.24) is 15.5 Å². The Balaban J connectivity index is 2.61. The summed E-state index contributed by atoms with van der Waals surface area (Å²) >= 11 is 0. The predicted molar refractivity (Wildman–Crippen MR) is 84.5 cm³/mol. The van der Waals surface area contributed by atoms with Crippen LogP contribution in [0.2, 0.25) is 0 Å². The number of benzene rings is 1. The Labute approximate surface area is 126 Å². The molecule has 1 rings (SSSR count). The number of amides is 2. The third-order valence-electron chi connectivity index (χ3n) is 2.74. The first-order chi connectivity index (χ1) is 9.69. The van der Waals surface area contributed by atoms with Gasteiger partial charge in [-0.15, -0.1) is 0 Å². The molecule has 0 saturated heterocycles. The van der Waals surface area contributed by atoms with Gasteiger partial charge in [-0.25, -0.2) is 0 Å². The van der Waals surface area contributed by atoms with Gasteiger partial charge in [-0.1, -0.05) is 0 Å². The molecule has 0 aliphatic heterocycles. The van der Waals surface area contributed by atoms with Crippen LogP contribution in [0.1, 0.15) is 41.5 Å². The first-order valence-corrected chi connectivity index (χ1v) is 7.04. The van der Waals surface area contributed by atoms with Crippen molar-refractivity contribution in [3.8, 4) is 0 Å². The third-order valence-corrected chi connectivity index (χ3v) is 2.74. The molecule has 0 radical (unpaired) electrons. The largest absolute Gasteiger partial charge is 0.351 e. The molecule has 2 amide bonds. The van der Waals surface area contributed by atoms with Crippen LogP contribution in [-0.2, 0) is 0 Å². The second kappa shape index (κ2) is 7.22. The van der Waals surface area contributed by atoms with Crippen molar-refractivity contribution in [1.29, 1.82) is 0 Å². The number of nitrogens with one attached hydrogen (secondary N) is 2. The molecule has 116 valence electrons. The molecule has 0 aliphatic rings. The molecule has 1 aromatic rings. The molecule has 2 N–H and O–H groups in total. The van der Waals surface area contributed by atoms with E-state index in [1.807, 2.05) is 39.8 Å². The number of hydrogen-bond donors (Lipinski definition) is 2. The summed E-state index contributed by atoms with van der Waals surface area (Å²) in [6.07, 6.45) is 0. The van der Waals surface area contributed by atoms with Gasteiger partial charge in [0.15, 0.2) is 0 Å². The zero-order valence-electron chi connectivity index (χ0n) is 13.5. The van der Waals surface area contributed by atoms with E-state index in [2.05, 4.69) is 10.6 Å². The van der Waals surface area contributed by atoms with Crippen molar-refractivity contribution in [2.24, 2.45) is 0 Å². The van der Waals surface area contributed by atoms with Crippen LogP contribution in [-0.4, -0.2) is 49.4 Å². The van der Waals surface area contributed by atoms with E-state index in [0.717, 1.165) is 6.54 Å². The fourth-order valence-electron chi connectivity index (χ4n) is 1.68. The van der Waals surface area contributed by atoms with Crippen molar-refractivity contribution in [2.45, 2.75) is 26.3 Å². The Bertz CT molecular complexity index is 487. The van der Waals surface area contributed by atoms with E-state index >= 15 is 0 Å². The SMILES string of the molecule is CN(C)CCNC(=O)c1ccc(C(=O)NC(C)(C)C)cc1.